The molecular weight excluding hydrogens is 409 g/mol. The predicted molar refractivity (Wildman–Crippen MR) is 91.5 cm³/mol. The Bertz CT molecular complexity index is 769. The van der Waals surface area contributed by atoms with Gasteiger partial charge in [0.05, 0.1) is 10.2 Å². The predicted octanol–water partition coefficient (Wildman–Crippen LogP) is 5.72. The van der Waals surface area contributed by atoms with Gasteiger partial charge in [0.25, 0.3) is 0 Å². The number of aromatic hydroxyl groups is 1. The molecule has 0 unspecified atom stereocenters. The number of hydrogen-bond acceptors (Lipinski definition) is 3. The van der Waals surface area contributed by atoms with Gasteiger partial charge >= 0.3 is 11.5 Å². The molecule has 0 saturated carbocycles. The molecule has 9 heteroatoms. The zero-order chi connectivity index (χ0) is 17.9. The van der Waals surface area contributed by atoms with Crippen molar-refractivity contribution in [3.05, 3.63) is 46.4 Å². The minimum atomic E-state index is -4.40. The molecular formula is C15H12BrF3N2O2S. The van der Waals surface area contributed by atoms with Crippen LogP contribution in [0, 0.1) is 6.92 Å². The van der Waals surface area contributed by atoms with Crippen LogP contribution >= 0.6 is 27.7 Å². The lowest BCUT2D eigenvalue weighted by Gasteiger charge is -2.12. The van der Waals surface area contributed by atoms with E-state index < -0.39 is 11.5 Å². The van der Waals surface area contributed by atoms with E-state index in [0.717, 1.165) is 5.56 Å². The summed E-state index contributed by atoms with van der Waals surface area (Å²) >= 11 is 2.93. The molecule has 0 aliphatic heterocycles. The minimum Gasteiger partial charge on any atom is -0.505 e. The van der Waals surface area contributed by atoms with Gasteiger partial charge in [0, 0.05) is 10.6 Å². The first-order valence-electron chi connectivity index (χ1n) is 6.57. The molecule has 2 aromatic rings. The van der Waals surface area contributed by atoms with Crippen molar-refractivity contribution >= 4 is 45.1 Å². The Hall–Kier alpha value is -1.87. The van der Waals surface area contributed by atoms with Crippen molar-refractivity contribution in [3.8, 4) is 5.75 Å². The largest absolute Gasteiger partial charge is 0.505 e. The number of anilines is 2. The normalized spacial score (nSPS) is 11.2. The Morgan fingerprint density at radius 2 is 1.92 bits per heavy atom. The van der Waals surface area contributed by atoms with Crippen molar-refractivity contribution in [2.75, 3.05) is 10.6 Å². The van der Waals surface area contributed by atoms with Crippen LogP contribution in [0.1, 0.15) is 5.56 Å². The number of phenolic OH excluding ortho intramolecular Hbond substituents is 1. The first-order valence-corrected chi connectivity index (χ1v) is 8.18. The maximum atomic E-state index is 12.4. The van der Waals surface area contributed by atoms with E-state index in [9.17, 15) is 23.1 Å². The summed E-state index contributed by atoms with van der Waals surface area (Å²) in [5.74, 6) is -0.133. The van der Waals surface area contributed by atoms with E-state index in [4.69, 9.17) is 0 Å². The van der Waals surface area contributed by atoms with E-state index in [1.807, 2.05) is 0 Å². The van der Waals surface area contributed by atoms with Crippen LogP contribution in [0.4, 0.5) is 29.3 Å². The van der Waals surface area contributed by atoms with E-state index in [2.05, 4.69) is 26.6 Å². The highest BCUT2D eigenvalue weighted by molar-refractivity contribution is 9.10. The average molecular weight is 421 g/mol. The molecule has 0 spiro atoms. The summed E-state index contributed by atoms with van der Waals surface area (Å²) in [5.41, 5.74) is -3.24. The second-order valence-corrected chi connectivity index (χ2v) is 6.68. The van der Waals surface area contributed by atoms with Gasteiger partial charge in [-0.2, -0.15) is 13.2 Å². The number of nitrogens with one attached hydrogen (secondary N) is 2. The number of hydrogen-bond donors (Lipinski definition) is 3. The number of rotatable bonds is 3. The van der Waals surface area contributed by atoms with Gasteiger partial charge in [-0.1, -0.05) is 12.1 Å². The van der Waals surface area contributed by atoms with Crippen LogP contribution in [-0.2, 0) is 0 Å². The highest BCUT2D eigenvalue weighted by atomic mass is 79.9. The molecule has 0 radical (unpaired) electrons. The number of benzene rings is 2. The molecule has 0 aliphatic rings. The minimum absolute atomic E-state index is 0.0405. The van der Waals surface area contributed by atoms with E-state index in [0.29, 0.717) is 4.47 Å². The van der Waals surface area contributed by atoms with Gasteiger partial charge in [0.2, 0.25) is 0 Å². The van der Waals surface area contributed by atoms with E-state index in [1.54, 1.807) is 13.0 Å². The van der Waals surface area contributed by atoms with Crippen LogP contribution in [0.5, 0.6) is 5.75 Å². The van der Waals surface area contributed by atoms with Crippen molar-refractivity contribution in [3.63, 3.8) is 0 Å². The molecule has 0 aromatic heterocycles. The number of aryl methyl sites for hydroxylation is 1. The van der Waals surface area contributed by atoms with Gasteiger partial charge < -0.3 is 15.7 Å². The third kappa shape index (κ3) is 5.07. The SMILES string of the molecule is Cc1ccc(NC(=O)Nc2cccc(SC(F)(F)F)c2)c(O)c1Br. The lowest BCUT2D eigenvalue weighted by atomic mass is 10.2. The summed E-state index contributed by atoms with van der Waals surface area (Å²) in [6.07, 6.45) is 0. The monoisotopic (exact) mass is 420 g/mol. The first-order chi connectivity index (χ1) is 11.2. The van der Waals surface area contributed by atoms with Gasteiger partial charge in [-0.15, -0.1) is 0 Å². The first kappa shape index (κ1) is 18.5. The quantitative estimate of drug-likeness (QED) is 0.439. The third-order valence-corrected chi connectivity index (χ3v) is 4.61. The van der Waals surface area contributed by atoms with E-state index in [1.165, 1.54) is 30.3 Å². The fourth-order valence-corrected chi connectivity index (χ4v) is 2.77. The lowest BCUT2D eigenvalue weighted by Crippen LogP contribution is -2.19. The summed E-state index contributed by atoms with van der Waals surface area (Å²) in [6, 6.07) is 7.90. The molecule has 0 fully saturated rings. The van der Waals surface area contributed by atoms with Crippen molar-refractivity contribution in [1.82, 2.24) is 0 Å². The number of thioether (sulfide) groups is 1. The number of carbonyl (C=O) groups excluding carboxylic acids is 1. The molecule has 0 saturated heterocycles. The summed E-state index contributed by atoms with van der Waals surface area (Å²) in [6.45, 7) is 1.78. The molecule has 24 heavy (non-hydrogen) atoms. The molecule has 0 atom stereocenters. The second kappa shape index (κ2) is 7.35. The van der Waals surface area contributed by atoms with Crippen LogP contribution in [-0.4, -0.2) is 16.6 Å². The number of alkyl halides is 3. The Morgan fingerprint density at radius 3 is 2.58 bits per heavy atom. The van der Waals surface area contributed by atoms with Gasteiger partial charge in [0.1, 0.15) is 0 Å². The molecule has 2 aromatic carbocycles. The fourth-order valence-electron chi connectivity index (χ4n) is 1.82. The van der Waals surface area contributed by atoms with Crippen LogP contribution < -0.4 is 10.6 Å². The number of halogens is 4. The van der Waals surface area contributed by atoms with Crippen molar-refractivity contribution in [1.29, 1.82) is 0 Å². The topological polar surface area (TPSA) is 61.4 Å². The zero-order valence-electron chi connectivity index (χ0n) is 12.2. The fraction of sp³-hybridized carbons (Fsp3) is 0.133. The maximum Gasteiger partial charge on any atom is 0.446 e. The Balaban J connectivity index is 2.08. The smallest absolute Gasteiger partial charge is 0.446 e. The molecule has 2 rings (SSSR count). The maximum absolute atomic E-state index is 12.4. The number of amides is 2. The lowest BCUT2D eigenvalue weighted by molar-refractivity contribution is -0.0328. The van der Waals surface area contributed by atoms with Crippen LogP contribution in [0.25, 0.3) is 0 Å². The standard InChI is InChI=1S/C15H12BrF3N2O2S/c1-8-5-6-11(13(22)12(8)16)21-14(23)20-9-3-2-4-10(7-9)24-15(17,18)19/h2-7,22H,1H3,(H2,20,21,23). The molecule has 3 N–H and O–H groups in total. The average Bonchev–Trinajstić information content (AvgIpc) is 2.46. The second-order valence-electron chi connectivity index (χ2n) is 4.75. The number of phenols is 1. The molecule has 2 amide bonds. The Morgan fingerprint density at radius 1 is 1.21 bits per heavy atom. The number of carbonyl (C=O) groups is 1. The summed E-state index contributed by atoms with van der Waals surface area (Å²) in [4.78, 5) is 11.9. The van der Waals surface area contributed by atoms with E-state index >= 15 is 0 Å². The molecule has 4 nitrogen and oxygen atoms in total. The van der Waals surface area contributed by atoms with Crippen molar-refractivity contribution < 1.29 is 23.1 Å². The molecule has 0 bridgehead atoms. The van der Waals surface area contributed by atoms with Gasteiger partial charge in [-0.25, -0.2) is 4.79 Å². The van der Waals surface area contributed by atoms with Gasteiger partial charge in [-0.05, 0) is 64.4 Å². The molecule has 128 valence electrons. The molecule has 0 aliphatic carbocycles. The highest BCUT2D eigenvalue weighted by Crippen LogP contribution is 2.38. The molecule has 0 heterocycles. The zero-order valence-corrected chi connectivity index (χ0v) is 14.6. The summed E-state index contributed by atoms with van der Waals surface area (Å²) in [5, 5.41) is 14.8. The van der Waals surface area contributed by atoms with Crippen LogP contribution in [0.2, 0.25) is 0 Å². The van der Waals surface area contributed by atoms with Crippen LogP contribution in [0.15, 0.2) is 45.8 Å². The summed E-state index contributed by atoms with van der Waals surface area (Å²) < 4.78 is 37.6. The summed E-state index contributed by atoms with van der Waals surface area (Å²) in [7, 11) is 0. The van der Waals surface area contributed by atoms with E-state index in [-0.39, 0.29) is 33.8 Å². The van der Waals surface area contributed by atoms with Gasteiger partial charge in [0.15, 0.2) is 5.75 Å². The Labute approximate surface area is 148 Å². The number of urea groups is 1. The highest BCUT2D eigenvalue weighted by Gasteiger charge is 2.29. The van der Waals surface area contributed by atoms with Crippen LogP contribution in [0.3, 0.4) is 0 Å². The van der Waals surface area contributed by atoms with Crippen molar-refractivity contribution in [2.24, 2.45) is 0 Å². The van der Waals surface area contributed by atoms with Crippen molar-refractivity contribution in [2.45, 2.75) is 17.3 Å². The Kier molecular flexibility index (Phi) is 5.66. The van der Waals surface area contributed by atoms with Gasteiger partial charge in [-0.3, -0.25) is 0 Å². The third-order valence-electron chi connectivity index (χ3n) is 2.88.